The van der Waals surface area contributed by atoms with Gasteiger partial charge in [-0.15, -0.1) is 11.3 Å². The summed E-state index contributed by atoms with van der Waals surface area (Å²) in [5.74, 6) is -2.50. The van der Waals surface area contributed by atoms with Crippen LogP contribution in [0.25, 0.3) is 0 Å². The number of carbonyl (C=O) groups is 4. The summed E-state index contributed by atoms with van der Waals surface area (Å²) in [6, 6.07) is 13.6. The van der Waals surface area contributed by atoms with Crippen LogP contribution in [0.2, 0.25) is 0 Å². The van der Waals surface area contributed by atoms with Gasteiger partial charge in [0.25, 0.3) is 11.8 Å². The van der Waals surface area contributed by atoms with Crippen LogP contribution in [0.1, 0.15) is 32.0 Å². The van der Waals surface area contributed by atoms with Gasteiger partial charge in [-0.2, -0.15) is 0 Å². The molecular formula is C24H19FN2O5S. The molecular weight excluding hydrogens is 447 g/mol. The molecule has 3 amide bonds. The van der Waals surface area contributed by atoms with Crippen LogP contribution in [-0.4, -0.2) is 41.7 Å². The van der Waals surface area contributed by atoms with Crippen LogP contribution in [-0.2, 0) is 20.9 Å². The highest BCUT2D eigenvalue weighted by Crippen LogP contribution is 2.29. The average molecular weight is 466 g/mol. The number of halogens is 1. The molecule has 3 aromatic rings. The highest BCUT2D eigenvalue weighted by atomic mass is 32.1. The van der Waals surface area contributed by atoms with Gasteiger partial charge in [0.1, 0.15) is 11.9 Å². The molecule has 1 atom stereocenters. The summed E-state index contributed by atoms with van der Waals surface area (Å²) in [6.07, 6.45) is -0.185. The standard InChI is InChI=1S/C24H19FN2O5S/c1-32-24(31)16-6-10-18(11-7-16)27-21(28)13-20(23(27)30)26(14-19-3-2-12-33-19)22(29)15-4-8-17(25)9-5-15/h2-12,20H,13-14H2,1H3. The average Bonchev–Trinajstić information content (AvgIpc) is 3.44. The number of ether oxygens (including phenoxy) is 1. The lowest BCUT2D eigenvalue weighted by atomic mass is 10.1. The van der Waals surface area contributed by atoms with Crippen molar-refractivity contribution in [3.63, 3.8) is 0 Å². The van der Waals surface area contributed by atoms with Crippen LogP contribution in [0.4, 0.5) is 10.1 Å². The van der Waals surface area contributed by atoms with Crippen LogP contribution in [0.15, 0.2) is 66.0 Å². The topological polar surface area (TPSA) is 84.0 Å². The second kappa shape index (κ2) is 9.33. The van der Waals surface area contributed by atoms with Gasteiger partial charge in [-0.25, -0.2) is 14.1 Å². The predicted octanol–water partition coefficient (Wildman–Crippen LogP) is 3.65. The molecule has 168 valence electrons. The number of benzene rings is 2. The van der Waals surface area contributed by atoms with Crippen molar-refractivity contribution in [1.82, 2.24) is 4.90 Å². The zero-order chi connectivity index (χ0) is 23.5. The molecule has 7 nitrogen and oxygen atoms in total. The Morgan fingerprint density at radius 2 is 1.73 bits per heavy atom. The quantitative estimate of drug-likeness (QED) is 0.409. The van der Waals surface area contributed by atoms with E-state index in [0.717, 1.165) is 9.78 Å². The van der Waals surface area contributed by atoms with Crippen molar-refractivity contribution in [2.24, 2.45) is 0 Å². The third-order valence-corrected chi connectivity index (χ3v) is 6.17. The molecule has 1 aliphatic rings. The van der Waals surface area contributed by atoms with Crippen LogP contribution >= 0.6 is 11.3 Å². The third kappa shape index (κ3) is 4.54. The van der Waals surface area contributed by atoms with E-state index in [9.17, 15) is 23.6 Å². The number of nitrogens with zero attached hydrogens (tertiary/aromatic N) is 2. The minimum absolute atomic E-state index is 0.132. The molecule has 2 aromatic carbocycles. The molecule has 9 heteroatoms. The van der Waals surface area contributed by atoms with Crippen LogP contribution in [0.3, 0.4) is 0 Å². The lowest BCUT2D eigenvalue weighted by molar-refractivity contribution is -0.122. The first-order chi connectivity index (χ1) is 15.9. The molecule has 2 heterocycles. The molecule has 0 saturated carbocycles. The molecule has 33 heavy (non-hydrogen) atoms. The minimum atomic E-state index is -1.02. The van der Waals surface area contributed by atoms with Gasteiger partial charge in [-0.1, -0.05) is 6.07 Å². The zero-order valence-electron chi connectivity index (χ0n) is 17.6. The predicted molar refractivity (Wildman–Crippen MR) is 119 cm³/mol. The van der Waals surface area contributed by atoms with E-state index in [4.69, 9.17) is 0 Å². The number of amides is 3. The van der Waals surface area contributed by atoms with Gasteiger partial charge in [0, 0.05) is 10.4 Å². The van der Waals surface area contributed by atoms with Crippen LogP contribution < -0.4 is 4.90 Å². The molecule has 1 aliphatic heterocycles. The molecule has 1 aromatic heterocycles. The molecule has 4 rings (SSSR count). The van der Waals surface area contributed by atoms with Crippen molar-refractivity contribution >= 4 is 40.7 Å². The second-order valence-electron chi connectivity index (χ2n) is 7.35. The molecule has 0 spiro atoms. The molecule has 0 N–H and O–H groups in total. The van der Waals surface area contributed by atoms with Crippen molar-refractivity contribution in [1.29, 1.82) is 0 Å². The van der Waals surface area contributed by atoms with E-state index in [1.54, 1.807) is 0 Å². The van der Waals surface area contributed by atoms with E-state index in [2.05, 4.69) is 4.74 Å². The SMILES string of the molecule is COC(=O)c1ccc(N2C(=O)CC(N(Cc3cccs3)C(=O)c3ccc(F)cc3)C2=O)cc1. The van der Waals surface area contributed by atoms with Crippen LogP contribution in [0, 0.1) is 5.82 Å². The van der Waals surface area contributed by atoms with E-state index < -0.39 is 35.5 Å². The molecule has 0 aliphatic carbocycles. The number of hydrogen-bond donors (Lipinski definition) is 0. The van der Waals surface area contributed by atoms with E-state index in [-0.39, 0.29) is 24.1 Å². The highest BCUT2D eigenvalue weighted by molar-refractivity contribution is 7.09. The molecule has 1 unspecified atom stereocenters. The summed E-state index contributed by atoms with van der Waals surface area (Å²) in [7, 11) is 1.26. The summed E-state index contributed by atoms with van der Waals surface area (Å²) >= 11 is 1.42. The van der Waals surface area contributed by atoms with Gasteiger partial charge >= 0.3 is 5.97 Å². The number of rotatable bonds is 6. The Morgan fingerprint density at radius 3 is 2.33 bits per heavy atom. The Bertz CT molecular complexity index is 1190. The highest BCUT2D eigenvalue weighted by Gasteiger charge is 2.44. The number of carbonyl (C=O) groups excluding carboxylic acids is 4. The van der Waals surface area contributed by atoms with Gasteiger partial charge in [-0.05, 0) is 60.0 Å². The summed E-state index contributed by atoms with van der Waals surface area (Å²) in [5.41, 5.74) is 0.794. The summed E-state index contributed by atoms with van der Waals surface area (Å²) in [4.78, 5) is 54.3. The fourth-order valence-corrected chi connectivity index (χ4v) is 4.35. The summed E-state index contributed by atoms with van der Waals surface area (Å²) in [5, 5.41) is 1.85. The number of methoxy groups -OCH3 is 1. The van der Waals surface area contributed by atoms with Crippen molar-refractivity contribution in [2.75, 3.05) is 12.0 Å². The summed E-state index contributed by atoms with van der Waals surface area (Å²) in [6.45, 7) is 0.132. The van der Waals surface area contributed by atoms with Crippen molar-refractivity contribution in [2.45, 2.75) is 19.0 Å². The molecule has 1 fully saturated rings. The van der Waals surface area contributed by atoms with Crippen molar-refractivity contribution < 1.29 is 28.3 Å². The maximum atomic E-state index is 13.4. The largest absolute Gasteiger partial charge is 0.465 e. The fourth-order valence-electron chi connectivity index (χ4n) is 3.65. The Kier molecular flexibility index (Phi) is 6.32. The monoisotopic (exact) mass is 466 g/mol. The van der Waals surface area contributed by atoms with Gasteiger partial charge in [0.2, 0.25) is 5.91 Å². The third-order valence-electron chi connectivity index (χ3n) is 5.30. The van der Waals surface area contributed by atoms with E-state index >= 15 is 0 Å². The number of anilines is 1. The Labute approximate surface area is 193 Å². The number of hydrogen-bond acceptors (Lipinski definition) is 6. The second-order valence-corrected chi connectivity index (χ2v) is 8.38. The van der Waals surface area contributed by atoms with E-state index in [0.29, 0.717) is 5.69 Å². The van der Waals surface area contributed by atoms with E-state index in [1.807, 2.05) is 17.5 Å². The summed E-state index contributed by atoms with van der Waals surface area (Å²) < 4.78 is 18.0. The Balaban J connectivity index is 1.64. The maximum absolute atomic E-state index is 13.4. The van der Waals surface area contributed by atoms with Gasteiger partial charge in [-0.3, -0.25) is 14.4 Å². The first-order valence-electron chi connectivity index (χ1n) is 10.0. The number of esters is 1. The normalized spacial score (nSPS) is 15.6. The molecule has 1 saturated heterocycles. The number of imide groups is 1. The minimum Gasteiger partial charge on any atom is -0.465 e. The van der Waals surface area contributed by atoms with Crippen LogP contribution in [0.5, 0.6) is 0 Å². The Morgan fingerprint density at radius 1 is 1.06 bits per heavy atom. The number of thiophene rings is 1. The van der Waals surface area contributed by atoms with Gasteiger partial charge in [0.05, 0.1) is 31.3 Å². The molecule has 0 bridgehead atoms. The Hall–Kier alpha value is -3.85. The van der Waals surface area contributed by atoms with Gasteiger partial charge < -0.3 is 9.64 Å². The smallest absolute Gasteiger partial charge is 0.337 e. The van der Waals surface area contributed by atoms with Crippen molar-refractivity contribution in [3.05, 3.63) is 87.9 Å². The maximum Gasteiger partial charge on any atom is 0.337 e. The first-order valence-corrected chi connectivity index (χ1v) is 10.9. The lowest BCUT2D eigenvalue weighted by Gasteiger charge is -2.27. The fraction of sp³-hybridized carbons (Fsp3) is 0.167. The van der Waals surface area contributed by atoms with E-state index in [1.165, 1.54) is 71.9 Å². The zero-order valence-corrected chi connectivity index (χ0v) is 18.4. The van der Waals surface area contributed by atoms with Crippen molar-refractivity contribution in [3.8, 4) is 0 Å². The van der Waals surface area contributed by atoms with Gasteiger partial charge in [0.15, 0.2) is 0 Å². The lowest BCUT2D eigenvalue weighted by Crippen LogP contribution is -2.45. The first kappa shape index (κ1) is 22.3. The molecule has 0 radical (unpaired) electrons.